The maximum absolute atomic E-state index is 13.1. The minimum absolute atomic E-state index is 0.0308. The number of phosphoric ester groups is 2. The van der Waals surface area contributed by atoms with E-state index in [-0.39, 0.29) is 26.2 Å². The van der Waals surface area contributed by atoms with E-state index < -0.39 is 276 Å². The van der Waals surface area contributed by atoms with Gasteiger partial charge in [0, 0.05) is 5.92 Å². The lowest BCUT2D eigenvalue weighted by atomic mass is 9.84. The Morgan fingerprint density at radius 3 is 1.38 bits per heavy atom. The quantitative estimate of drug-likeness (QED) is 0.0169. The largest absolute Gasteiger partial charge is 0.756 e. The molecule has 0 spiro atoms. The third-order valence-electron chi connectivity index (χ3n) is 17.4. The first-order valence-corrected chi connectivity index (χ1v) is 34.5. The van der Waals surface area contributed by atoms with Gasteiger partial charge in [0.2, 0.25) is 6.29 Å². The van der Waals surface area contributed by atoms with Crippen LogP contribution in [0.15, 0.2) is 0 Å². The fraction of sp³-hybridized carbons (Fsp3) is 1.00. The predicted molar refractivity (Wildman–Crippen MR) is 303 cm³/mol. The van der Waals surface area contributed by atoms with E-state index in [2.05, 4.69) is 24.1 Å². The second-order valence-electron chi connectivity index (χ2n) is 24.1. The number of hydrogen-bond donors (Lipinski definition) is 24. The van der Waals surface area contributed by atoms with Crippen molar-refractivity contribution in [3.05, 3.63) is 0 Å². The molecule has 1 aliphatic carbocycles. The average molecular weight is 1470 g/mol. The SMILES string of the molecule is CC1[C@H](O[C@@H]2C(CO[C@H]3OC(CO)[C@@H](O)[C@H](O)C3O[C@H]3OC(COP(=O)(O)OCC[NH3+])[C@@H](O)[C@H](O)C3O)O[C@H](O[C@@H]3C(CO)O[C@H](O[C@@H]4C(O)C(O)[C@@H](O)C(O)[C@H]4OP(=O)([O-])OCCCCCCS)C([NH3+])[C@H]3O)C(O)[C@H]2O)OC(CO)[C@H](O[C@H]2OC(CO)[C@@H](O)[C@H](O)C2O)[C@@H]1O. The Bertz CT molecular complexity index is 2420. The van der Waals surface area contributed by atoms with Gasteiger partial charge in [0.1, 0.15) is 171 Å². The van der Waals surface area contributed by atoms with Crippen LogP contribution in [0.25, 0.3) is 0 Å². The Morgan fingerprint density at radius 2 is 0.812 bits per heavy atom. The molecule has 0 aromatic rings. The number of rotatable bonds is 32. The van der Waals surface area contributed by atoms with E-state index in [1.165, 1.54) is 6.92 Å². The summed E-state index contributed by atoms with van der Waals surface area (Å²) in [5.74, 6) is -0.765. The molecule has 7 aliphatic rings. The minimum Gasteiger partial charge on any atom is -0.756 e. The number of phosphoric acid groups is 2. The maximum Gasteiger partial charge on any atom is 0.472 e. The number of quaternary nitrogens is 2. The van der Waals surface area contributed by atoms with Crippen LogP contribution in [0, 0.1) is 5.92 Å². The predicted octanol–water partition coefficient (Wildman–Crippen LogP) is -15.0. The van der Waals surface area contributed by atoms with E-state index in [9.17, 15) is 121 Å². The van der Waals surface area contributed by atoms with Gasteiger partial charge in [-0.1, -0.05) is 19.8 Å². The molecule has 45 heteroatoms. The zero-order valence-corrected chi connectivity index (χ0v) is 54.3. The molecule has 564 valence electrons. The van der Waals surface area contributed by atoms with Gasteiger partial charge >= 0.3 is 7.82 Å². The second kappa shape index (κ2) is 36.8. The summed E-state index contributed by atoms with van der Waals surface area (Å²) in [6.45, 7) is -5.52. The fourth-order valence-electron chi connectivity index (χ4n) is 11.7. The third-order valence-corrected chi connectivity index (χ3v) is 19.7. The second-order valence-corrected chi connectivity index (χ2v) is 27.4. The lowest BCUT2D eigenvalue weighted by molar-refractivity contribution is -0.511. The zero-order valence-electron chi connectivity index (χ0n) is 51.6. The summed E-state index contributed by atoms with van der Waals surface area (Å²) < 4.78 is 116. The molecule has 6 saturated heterocycles. The lowest BCUT2D eigenvalue weighted by Crippen LogP contribution is -2.79. The van der Waals surface area contributed by atoms with E-state index in [0.717, 1.165) is 6.42 Å². The number of ether oxygens (including phenoxy) is 12. The molecular formula is C51H95N2O40P2S+. The topological polar surface area (TPSA) is 685 Å². The van der Waals surface area contributed by atoms with Crippen LogP contribution < -0.4 is 16.4 Å². The summed E-state index contributed by atoms with van der Waals surface area (Å²) in [5.41, 5.74) is 7.28. The first kappa shape index (κ1) is 82.5. The van der Waals surface area contributed by atoms with Gasteiger partial charge in [-0.3, -0.25) is 13.6 Å². The number of aliphatic hydroxyl groups excluding tert-OH is 20. The molecule has 0 bridgehead atoms. The number of hydrogen-bond acceptors (Lipinski definition) is 40. The van der Waals surface area contributed by atoms with Gasteiger partial charge in [-0.2, -0.15) is 12.6 Å². The molecule has 96 heavy (non-hydrogen) atoms. The van der Waals surface area contributed by atoms with Gasteiger partial charge in [-0.25, -0.2) is 4.57 Å². The van der Waals surface area contributed by atoms with E-state index in [1.54, 1.807) is 0 Å². The number of thiol groups is 1. The molecule has 17 unspecified atom stereocenters. The summed E-state index contributed by atoms with van der Waals surface area (Å²) in [6, 6.07) is -1.68. The Morgan fingerprint density at radius 1 is 0.406 bits per heavy atom. The molecule has 7 rings (SSSR count). The van der Waals surface area contributed by atoms with Crippen molar-refractivity contribution in [3.63, 3.8) is 0 Å². The van der Waals surface area contributed by atoms with Crippen molar-refractivity contribution in [2.24, 2.45) is 5.92 Å². The monoisotopic (exact) mass is 1470 g/mol. The molecular weight excluding hydrogens is 1370 g/mol. The van der Waals surface area contributed by atoms with Gasteiger partial charge in [-0.15, -0.1) is 0 Å². The highest BCUT2D eigenvalue weighted by molar-refractivity contribution is 7.80. The van der Waals surface area contributed by atoms with Crippen molar-refractivity contribution in [3.8, 4) is 0 Å². The molecule has 6 heterocycles. The molecule has 0 aromatic carbocycles. The summed E-state index contributed by atoms with van der Waals surface area (Å²) >= 11 is 4.12. The first-order chi connectivity index (χ1) is 45.3. The van der Waals surface area contributed by atoms with Crippen molar-refractivity contribution in [2.75, 3.05) is 65.2 Å². The van der Waals surface area contributed by atoms with Crippen LogP contribution in [0.5, 0.6) is 0 Å². The lowest BCUT2D eigenvalue weighted by Gasteiger charge is -2.50. The first-order valence-electron chi connectivity index (χ1n) is 30.9. The van der Waals surface area contributed by atoms with Gasteiger partial charge in [0.15, 0.2) is 37.5 Å². The zero-order chi connectivity index (χ0) is 71.0. The number of aliphatic hydroxyl groups is 20. The highest BCUT2D eigenvalue weighted by atomic mass is 32.1. The molecule has 7 fully saturated rings. The molecule has 27 N–H and O–H groups in total. The van der Waals surface area contributed by atoms with Crippen LogP contribution in [0.2, 0.25) is 0 Å². The molecule has 1 saturated carbocycles. The van der Waals surface area contributed by atoms with Crippen LogP contribution in [-0.4, -0.2) is 387 Å². The fourth-order valence-corrected chi connectivity index (χ4v) is 13.6. The normalized spacial score (nSPS) is 47.9. The van der Waals surface area contributed by atoms with E-state index in [4.69, 9.17) is 74.9 Å². The Labute approximate surface area is 552 Å². The molecule has 0 radical (unpaired) electrons. The Hall–Kier alpha value is -0.790. The van der Waals surface area contributed by atoms with Gasteiger partial charge < -0.3 is 189 Å². The third kappa shape index (κ3) is 19.6. The summed E-state index contributed by atoms with van der Waals surface area (Å²) in [7, 11) is -10.3. The van der Waals surface area contributed by atoms with Crippen LogP contribution in [0.1, 0.15) is 32.6 Å². The van der Waals surface area contributed by atoms with Crippen LogP contribution >= 0.6 is 28.3 Å². The highest BCUT2D eigenvalue weighted by Gasteiger charge is 2.59. The minimum atomic E-state index is -5.42. The summed E-state index contributed by atoms with van der Waals surface area (Å²) in [5, 5.41) is 219. The molecule has 0 amide bonds. The molecule has 38 atom stereocenters. The molecule has 0 aromatic heterocycles. The molecule has 6 aliphatic heterocycles. The van der Waals surface area contributed by atoms with Crippen LogP contribution in [0.4, 0.5) is 0 Å². The van der Waals surface area contributed by atoms with Crippen molar-refractivity contribution in [1.29, 1.82) is 0 Å². The van der Waals surface area contributed by atoms with E-state index in [0.29, 0.717) is 18.6 Å². The summed E-state index contributed by atoms with van der Waals surface area (Å²) in [6.07, 6.45) is -66.6. The highest BCUT2D eigenvalue weighted by Crippen LogP contribution is 2.46. The summed E-state index contributed by atoms with van der Waals surface area (Å²) in [4.78, 5) is 23.2. The standard InChI is InChI=1S/C51H94N2O40P2S/c1-16-24(58)40(89-48-37(71)29(63)25(59)17(10-54)82-48)19(12-56)84-46(16)88-42-22(14-78-51-45(33(67)26(60)18(11-55)83-51)92-49-38(72)30(64)27(61)21(86-49)15-81-94(74,75)80-8-6-52)87-50(39(73)36(42)70)90-41-20(13-57)85-47(23(53)28(41)62)91-43-34(68)31(65)32(66)35(69)44(43)93-95(76,77)79-7-4-2-3-5-9-96/h16-51,54-73,96H,2-15,52-53H2,1H3,(H,74,75)(H,76,77)/p+1/t16?,17?,18?,19?,20?,21?,22?,23?,24-,25-,26-,27-,28-,29+,30+,31?,32-,33+,34?,35?,36-,37?,38?,39?,40+,41-,42-,43-,44-,45?,46+,47-,48-,49-,50-,51+/m1/s1. The molecule has 42 nitrogen and oxygen atoms in total. The van der Waals surface area contributed by atoms with Gasteiger partial charge in [-0.05, 0) is 18.6 Å². The van der Waals surface area contributed by atoms with Gasteiger partial charge in [0.05, 0.1) is 58.9 Å². The Kier molecular flexibility index (Phi) is 31.6. The van der Waals surface area contributed by atoms with Crippen molar-refractivity contribution in [1.82, 2.24) is 0 Å². The van der Waals surface area contributed by atoms with E-state index >= 15 is 0 Å². The average Bonchev–Trinajstić information content (AvgIpc) is 0.788. The van der Waals surface area contributed by atoms with Crippen LogP contribution in [-0.2, 0) is 84.1 Å². The van der Waals surface area contributed by atoms with Crippen LogP contribution in [0.3, 0.4) is 0 Å². The Balaban J connectivity index is 1.14. The van der Waals surface area contributed by atoms with Gasteiger partial charge in [0.25, 0.3) is 7.82 Å². The number of unbranched alkanes of at least 4 members (excludes halogenated alkanes) is 3. The van der Waals surface area contributed by atoms with Crippen molar-refractivity contribution < 1.29 is 207 Å². The van der Waals surface area contributed by atoms with E-state index in [1.807, 2.05) is 0 Å². The van der Waals surface area contributed by atoms with Crippen molar-refractivity contribution >= 4 is 28.3 Å². The smallest absolute Gasteiger partial charge is 0.472 e. The van der Waals surface area contributed by atoms with Crippen molar-refractivity contribution in [2.45, 2.75) is 247 Å². The maximum atomic E-state index is 13.1.